The average molecular weight is 479 g/mol. The van der Waals surface area contributed by atoms with Gasteiger partial charge in [-0.25, -0.2) is 4.79 Å². The second-order valence-corrected chi connectivity index (χ2v) is 8.16. The van der Waals surface area contributed by atoms with Crippen LogP contribution in [0.25, 0.3) is 23.3 Å². The van der Waals surface area contributed by atoms with Crippen molar-refractivity contribution in [3.63, 3.8) is 0 Å². The number of halogens is 3. The average Bonchev–Trinajstić information content (AvgIpc) is 2.82. The van der Waals surface area contributed by atoms with Crippen LogP contribution in [0.4, 0.5) is 13.2 Å². The standard InChI is InChI=1S/C28H24F3NO3/c1-19-21(9-6-10-24(19)22-7-4-3-5-8-22)12-13-23-17-20(11-14-25(23)28(29,30)31)18-32-27(2,15-16-33)26(34)35/h3-14,17,32-33H,18H2,1-2H3,(H,34,35)/b13-12+/t27-/m0/s1. The van der Waals surface area contributed by atoms with Gasteiger partial charge in [0.2, 0.25) is 0 Å². The Labute approximate surface area is 201 Å². The number of nitrogens with one attached hydrogen (secondary N) is 1. The summed E-state index contributed by atoms with van der Waals surface area (Å²) in [5.41, 5.74) is 1.52. The smallest absolute Gasteiger partial charge is 0.416 e. The maximum Gasteiger partial charge on any atom is 0.416 e. The SMILES string of the molecule is Cc1c(/C=C/c2cc(CN[C@@](C)(C#CO)C(=O)O)ccc2C(F)(F)F)cccc1-c1ccccc1. The van der Waals surface area contributed by atoms with E-state index in [4.69, 9.17) is 5.11 Å². The van der Waals surface area contributed by atoms with Gasteiger partial charge in [0.15, 0.2) is 5.54 Å². The number of hydrogen-bond donors (Lipinski definition) is 3. The molecule has 1 atom stereocenters. The zero-order valence-corrected chi connectivity index (χ0v) is 19.1. The molecule has 0 aliphatic heterocycles. The first-order valence-corrected chi connectivity index (χ1v) is 10.7. The molecule has 0 aliphatic carbocycles. The first-order valence-electron chi connectivity index (χ1n) is 10.7. The fourth-order valence-corrected chi connectivity index (χ4v) is 3.63. The van der Waals surface area contributed by atoms with Gasteiger partial charge in [-0.2, -0.15) is 13.2 Å². The number of hydrogen-bond acceptors (Lipinski definition) is 3. The molecule has 180 valence electrons. The van der Waals surface area contributed by atoms with Crippen LogP contribution in [0, 0.1) is 19.0 Å². The molecule has 3 aromatic carbocycles. The lowest BCUT2D eigenvalue weighted by Crippen LogP contribution is -2.47. The Morgan fingerprint density at radius 2 is 1.69 bits per heavy atom. The van der Waals surface area contributed by atoms with Crippen molar-refractivity contribution in [3.05, 3.63) is 94.5 Å². The largest absolute Gasteiger partial charge is 0.479 e. The predicted octanol–water partition coefficient (Wildman–Crippen LogP) is 6.12. The monoisotopic (exact) mass is 479 g/mol. The second kappa shape index (κ2) is 10.5. The fourth-order valence-electron chi connectivity index (χ4n) is 3.63. The van der Waals surface area contributed by atoms with Gasteiger partial charge in [-0.15, -0.1) is 0 Å². The summed E-state index contributed by atoms with van der Waals surface area (Å²) >= 11 is 0. The summed E-state index contributed by atoms with van der Waals surface area (Å²) in [6.07, 6.45) is 0.0592. The summed E-state index contributed by atoms with van der Waals surface area (Å²) in [6, 6.07) is 19.0. The summed E-state index contributed by atoms with van der Waals surface area (Å²) in [5.74, 6) is 0.832. The Morgan fingerprint density at radius 1 is 1.00 bits per heavy atom. The maximum absolute atomic E-state index is 13.7. The van der Waals surface area contributed by atoms with Gasteiger partial charge in [-0.05, 0) is 65.3 Å². The van der Waals surface area contributed by atoms with Gasteiger partial charge in [-0.3, -0.25) is 5.32 Å². The van der Waals surface area contributed by atoms with Crippen LogP contribution in [0.5, 0.6) is 0 Å². The van der Waals surface area contributed by atoms with Crippen LogP contribution in [0.1, 0.15) is 34.7 Å². The molecule has 3 rings (SSSR count). The van der Waals surface area contributed by atoms with Gasteiger partial charge in [0.05, 0.1) is 5.56 Å². The molecular formula is C28H24F3NO3. The third-order valence-corrected chi connectivity index (χ3v) is 5.70. The van der Waals surface area contributed by atoms with E-state index < -0.39 is 23.2 Å². The summed E-state index contributed by atoms with van der Waals surface area (Å²) < 4.78 is 41.0. The molecule has 0 saturated heterocycles. The van der Waals surface area contributed by atoms with E-state index >= 15 is 0 Å². The third-order valence-electron chi connectivity index (χ3n) is 5.70. The van der Waals surface area contributed by atoms with Crippen LogP contribution < -0.4 is 5.32 Å². The lowest BCUT2D eigenvalue weighted by Gasteiger charge is -2.20. The Bertz CT molecular complexity index is 1300. The Balaban J connectivity index is 1.96. The maximum atomic E-state index is 13.7. The first-order chi connectivity index (χ1) is 16.5. The Morgan fingerprint density at radius 3 is 2.31 bits per heavy atom. The van der Waals surface area contributed by atoms with Crippen molar-refractivity contribution < 1.29 is 28.2 Å². The number of benzene rings is 3. The molecule has 0 spiro atoms. The quantitative estimate of drug-likeness (QED) is 0.282. The summed E-state index contributed by atoms with van der Waals surface area (Å²) in [4.78, 5) is 11.5. The van der Waals surface area contributed by atoms with E-state index in [0.717, 1.165) is 28.3 Å². The van der Waals surface area contributed by atoms with E-state index in [2.05, 4.69) is 11.2 Å². The van der Waals surface area contributed by atoms with Crippen molar-refractivity contribution >= 4 is 18.1 Å². The van der Waals surface area contributed by atoms with Crippen molar-refractivity contribution in [2.75, 3.05) is 0 Å². The summed E-state index contributed by atoms with van der Waals surface area (Å²) in [5, 5.41) is 20.8. The molecule has 3 aromatic rings. The topological polar surface area (TPSA) is 69.6 Å². The molecule has 0 amide bonds. The van der Waals surface area contributed by atoms with Gasteiger partial charge in [0.1, 0.15) is 6.11 Å². The van der Waals surface area contributed by atoms with Gasteiger partial charge < -0.3 is 10.2 Å². The normalized spacial score (nSPS) is 13.2. The summed E-state index contributed by atoms with van der Waals surface area (Å²) in [7, 11) is 0. The number of carboxylic acids is 1. The minimum absolute atomic E-state index is 0.0495. The highest BCUT2D eigenvalue weighted by Crippen LogP contribution is 2.34. The van der Waals surface area contributed by atoms with Crippen LogP contribution in [0.15, 0.2) is 66.7 Å². The molecular weight excluding hydrogens is 455 g/mol. The van der Waals surface area contributed by atoms with Crippen LogP contribution >= 0.6 is 0 Å². The minimum Gasteiger partial charge on any atom is -0.479 e. The number of aliphatic carboxylic acids is 1. The van der Waals surface area contributed by atoms with E-state index in [1.165, 1.54) is 25.1 Å². The van der Waals surface area contributed by atoms with Crippen LogP contribution in [0.2, 0.25) is 0 Å². The molecule has 0 aromatic heterocycles. The predicted molar refractivity (Wildman–Crippen MR) is 130 cm³/mol. The molecule has 35 heavy (non-hydrogen) atoms. The van der Waals surface area contributed by atoms with Crippen molar-refractivity contribution in [3.8, 4) is 23.2 Å². The molecule has 0 heterocycles. The molecule has 0 saturated carbocycles. The number of carbonyl (C=O) groups is 1. The van der Waals surface area contributed by atoms with Gasteiger partial charge in [0.25, 0.3) is 0 Å². The van der Waals surface area contributed by atoms with Crippen molar-refractivity contribution in [2.45, 2.75) is 32.1 Å². The molecule has 0 unspecified atom stereocenters. The van der Waals surface area contributed by atoms with Crippen molar-refractivity contribution in [2.24, 2.45) is 0 Å². The molecule has 0 fully saturated rings. The van der Waals surface area contributed by atoms with Gasteiger partial charge in [-0.1, -0.05) is 66.7 Å². The molecule has 7 heteroatoms. The molecule has 0 radical (unpaired) electrons. The highest BCUT2D eigenvalue weighted by atomic mass is 19.4. The van der Waals surface area contributed by atoms with Crippen LogP contribution in [-0.2, 0) is 17.5 Å². The first kappa shape index (κ1) is 25.6. The van der Waals surface area contributed by atoms with Gasteiger partial charge >= 0.3 is 12.1 Å². The van der Waals surface area contributed by atoms with Crippen molar-refractivity contribution in [1.82, 2.24) is 5.32 Å². The molecule has 3 N–H and O–H groups in total. The van der Waals surface area contributed by atoms with Crippen LogP contribution in [0.3, 0.4) is 0 Å². The van der Waals surface area contributed by atoms with E-state index in [0.29, 0.717) is 5.56 Å². The Hall–Kier alpha value is -4.02. The van der Waals surface area contributed by atoms with Crippen LogP contribution in [-0.4, -0.2) is 21.7 Å². The number of alkyl halides is 3. The summed E-state index contributed by atoms with van der Waals surface area (Å²) in [6.45, 7) is 3.10. The highest BCUT2D eigenvalue weighted by Gasteiger charge is 2.33. The zero-order valence-electron chi connectivity index (χ0n) is 19.1. The number of rotatable bonds is 7. The number of carboxylic acid groups (broad SMARTS) is 1. The Kier molecular flexibility index (Phi) is 7.68. The highest BCUT2D eigenvalue weighted by molar-refractivity contribution is 5.82. The minimum atomic E-state index is -4.56. The second-order valence-electron chi connectivity index (χ2n) is 8.16. The van der Waals surface area contributed by atoms with E-state index in [1.807, 2.05) is 55.5 Å². The van der Waals surface area contributed by atoms with E-state index in [9.17, 15) is 23.1 Å². The zero-order chi connectivity index (χ0) is 25.6. The van der Waals surface area contributed by atoms with E-state index in [-0.39, 0.29) is 12.1 Å². The van der Waals surface area contributed by atoms with Crippen molar-refractivity contribution in [1.29, 1.82) is 0 Å². The number of aliphatic hydroxyl groups is 1. The fraction of sp³-hybridized carbons (Fsp3) is 0.179. The molecule has 0 aliphatic rings. The molecule has 0 bridgehead atoms. The molecule has 4 nitrogen and oxygen atoms in total. The van der Waals surface area contributed by atoms with E-state index in [1.54, 1.807) is 12.2 Å². The number of aliphatic hydroxyl groups excluding tert-OH is 1. The third kappa shape index (κ3) is 6.11. The lowest BCUT2D eigenvalue weighted by atomic mass is 9.95. The lowest BCUT2D eigenvalue weighted by molar-refractivity contribution is -0.141. The van der Waals surface area contributed by atoms with Gasteiger partial charge in [0, 0.05) is 6.54 Å².